The highest BCUT2D eigenvalue weighted by atomic mass is 32.2. The van der Waals surface area contributed by atoms with Crippen molar-refractivity contribution in [2.24, 2.45) is 4.99 Å². The Hall–Kier alpha value is -3.94. The van der Waals surface area contributed by atoms with Gasteiger partial charge in [0.25, 0.3) is 0 Å². The lowest BCUT2D eigenvalue weighted by Crippen LogP contribution is -2.53. The number of carbonyl (C=O) groups excluding carboxylic acids is 3. The van der Waals surface area contributed by atoms with Crippen molar-refractivity contribution in [3.05, 3.63) is 88.4 Å². The summed E-state index contributed by atoms with van der Waals surface area (Å²) in [6, 6.07) is 17.9. The first kappa shape index (κ1) is 34.9. The highest BCUT2D eigenvalue weighted by Crippen LogP contribution is 2.17. The third kappa shape index (κ3) is 12.1. The minimum absolute atomic E-state index is 0.0779. The normalized spacial score (nSPS) is 15.8. The number of hydrogen-bond acceptors (Lipinski definition) is 9. The summed E-state index contributed by atoms with van der Waals surface area (Å²) in [5.74, 6) is -0.369. The molecule has 11 nitrogen and oxygen atoms in total. The van der Waals surface area contributed by atoms with Crippen molar-refractivity contribution in [3.8, 4) is 0 Å². The number of thiazole rings is 1. The van der Waals surface area contributed by atoms with Crippen LogP contribution in [0.5, 0.6) is 0 Å². The number of carbonyl (C=O) groups is 3. The Balaban J connectivity index is 1.41. The zero-order valence-corrected chi connectivity index (χ0v) is 27.6. The second kappa shape index (κ2) is 18.9. The van der Waals surface area contributed by atoms with Crippen molar-refractivity contribution in [3.63, 3.8) is 0 Å². The summed E-state index contributed by atoms with van der Waals surface area (Å²) >= 11 is 3.00. The zero-order chi connectivity index (χ0) is 32.6. The number of hydrogen-bond donors (Lipinski definition) is 4. The molecule has 0 fully saturated rings. The molecule has 0 saturated heterocycles. The van der Waals surface area contributed by atoms with Crippen LogP contribution in [0.1, 0.15) is 35.3 Å². The number of nitrogens with one attached hydrogen (secondary N) is 3. The number of nitrogens with zero attached hydrogens (tertiary/aromatic N) is 3. The number of ether oxygens (including phenoxy) is 1. The van der Waals surface area contributed by atoms with E-state index in [-0.39, 0.29) is 48.9 Å². The zero-order valence-electron chi connectivity index (χ0n) is 25.9. The van der Waals surface area contributed by atoms with Crippen LogP contribution >= 0.6 is 23.1 Å². The predicted molar refractivity (Wildman–Crippen MR) is 182 cm³/mol. The van der Waals surface area contributed by atoms with Gasteiger partial charge in [-0.15, -0.1) is 23.1 Å². The molecule has 1 aliphatic heterocycles. The van der Waals surface area contributed by atoms with E-state index in [0.717, 1.165) is 16.0 Å². The Morgan fingerprint density at radius 2 is 1.61 bits per heavy atom. The molecule has 1 aliphatic rings. The maximum absolute atomic E-state index is 13.6. The Morgan fingerprint density at radius 3 is 2.17 bits per heavy atom. The molecule has 2 heterocycles. The fourth-order valence-electron chi connectivity index (χ4n) is 5.09. The molecule has 4 atom stereocenters. The van der Waals surface area contributed by atoms with Crippen LogP contribution in [0.4, 0.5) is 9.59 Å². The van der Waals surface area contributed by atoms with Gasteiger partial charge in [0.15, 0.2) is 0 Å². The monoisotopic (exact) mass is 666 g/mol. The molecule has 4 N–H and O–H groups in total. The molecule has 46 heavy (non-hydrogen) atoms. The van der Waals surface area contributed by atoms with Gasteiger partial charge >= 0.3 is 12.1 Å². The van der Waals surface area contributed by atoms with Gasteiger partial charge < -0.3 is 30.7 Å². The molecular weight excluding hydrogens is 625 g/mol. The maximum Gasteiger partial charge on any atom is 0.407 e. The van der Waals surface area contributed by atoms with E-state index in [4.69, 9.17) is 4.74 Å². The van der Waals surface area contributed by atoms with Crippen LogP contribution in [0.2, 0.25) is 0 Å². The van der Waals surface area contributed by atoms with E-state index in [1.807, 2.05) is 60.7 Å². The van der Waals surface area contributed by atoms with Crippen molar-refractivity contribution >= 4 is 46.7 Å². The van der Waals surface area contributed by atoms with Crippen LogP contribution in [-0.2, 0) is 29.0 Å². The number of aliphatic imine (C=N–C) groups is 1. The summed E-state index contributed by atoms with van der Waals surface area (Å²) in [4.78, 5) is 49.9. The van der Waals surface area contributed by atoms with Crippen LogP contribution in [0.25, 0.3) is 0 Å². The van der Waals surface area contributed by atoms with Gasteiger partial charge in [0.2, 0.25) is 5.91 Å². The summed E-state index contributed by atoms with van der Waals surface area (Å²) in [5.41, 5.74) is 5.59. The number of urea groups is 1. The summed E-state index contributed by atoms with van der Waals surface area (Å²) < 4.78 is 5.45. The topological polar surface area (TPSA) is 145 Å². The molecule has 4 unspecified atom stereocenters. The molecule has 2 aromatic carbocycles. The van der Waals surface area contributed by atoms with Gasteiger partial charge in [-0.25, -0.2) is 9.59 Å². The van der Waals surface area contributed by atoms with Crippen LogP contribution in [0.15, 0.2) is 77.4 Å². The lowest BCUT2D eigenvalue weighted by molar-refractivity contribution is -0.124. The number of aromatic nitrogens is 1. The molecule has 1 aromatic heterocycles. The van der Waals surface area contributed by atoms with Gasteiger partial charge in [-0.05, 0) is 43.2 Å². The molecule has 4 amide bonds. The fraction of sp³-hybridized carbons (Fsp3) is 0.424. The first-order valence-corrected chi connectivity index (χ1v) is 17.2. The van der Waals surface area contributed by atoms with Gasteiger partial charge in [0.05, 0.1) is 22.5 Å². The average molecular weight is 667 g/mol. The van der Waals surface area contributed by atoms with Crippen LogP contribution in [-0.4, -0.2) is 88.7 Å². The van der Waals surface area contributed by atoms with Crippen LogP contribution in [0.3, 0.4) is 0 Å². The second-order valence-corrected chi connectivity index (χ2v) is 13.3. The molecule has 0 radical (unpaired) electrons. The van der Waals surface area contributed by atoms with E-state index < -0.39 is 12.1 Å². The van der Waals surface area contributed by atoms with E-state index in [1.165, 1.54) is 11.3 Å². The third-order valence-corrected chi connectivity index (χ3v) is 9.21. The number of alkyl carbamates (subject to hydrolysis) is 1. The lowest BCUT2D eigenvalue weighted by atomic mass is 9.95. The van der Waals surface area contributed by atoms with E-state index in [1.54, 1.807) is 41.0 Å². The highest BCUT2D eigenvalue weighted by molar-refractivity contribution is 8.12. The second-order valence-electron chi connectivity index (χ2n) is 11.2. The first-order chi connectivity index (χ1) is 22.4. The molecule has 13 heteroatoms. The number of thioether (sulfide) groups is 1. The minimum atomic E-state index is -0.911. The van der Waals surface area contributed by atoms with Crippen molar-refractivity contribution in [1.29, 1.82) is 0 Å². The Kier molecular flexibility index (Phi) is 14.3. The maximum atomic E-state index is 13.6. The van der Waals surface area contributed by atoms with Gasteiger partial charge in [-0.2, -0.15) is 0 Å². The van der Waals surface area contributed by atoms with Crippen molar-refractivity contribution < 1.29 is 24.2 Å². The largest absolute Gasteiger partial charge is 0.444 e. The predicted octanol–water partition coefficient (Wildman–Crippen LogP) is 4.02. The number of rotatable bonds is 17. The number of benzene rings is 2. The molecule has 0 spiro atoms. The summed E-state index contributed by atoms with van der Waals surface area (Å²) in [6.45, 7) is 1.02. The minimum Gasteiger partial charge on any atom is -0.444 e. The SMILES string of the molecule is CN(CC1CN=CS1)C(=O)NC(CCO)C(=O)NC(CCC(Cc1ccccc1)NC(=O)OCc1cncs1)Cc1ccccc1. The quantitative estimate of drug-likeness (QED) is 0.170. The number of aliphatic hydroxyl groups is 1. The van der Waals surface area contributed by atoms with Crippen molar-refractivity contribution in [1.82, 2.24) is 25.8 Å². The summed E-state index contributed by atoms with van der Waals surface area (Å²) in [6.07, 6.45) is 3.48. The lowest BCUT2D eigenvalue weighted by Gasteiger charge is -2.27. The fourth-order valence-corrected chi connectivity index (χ4v) is 6.42. The Morgan fingerprint density at radius 1 is 0.957 bits per heavy atom. The van der Waals surface area contributed by atoms with Gasteiger partial charge in [0.1, 0.15) is 12.6 Å². The molecule has 0 bridgehead atoms. The summed E-state index contributed by atoms with van der Waals surface area (Å²) in [7, 11) is 1.68. The average Bonchev–Trinajstić information content (AvgIpc) is 3.78. The molecule has 0 aliphatic carbocycles. The Labute approximate surface area is 278 Å². The van der Waals surface area contributed by atoms with Gasteiger partial charge in [-0.3, -0.25) is 14.8 Å². The third-order valence-electron chi connectivity index (χ3n) is 7.50. The van der Waals surface area contributed by atoms with Gasteiger partial charge in [0, 0.05) is 43.7 Å². The number of aliphatic hydroxyl groups excluding tert-OH is 1. The van der Waals surface area contributed by atoms with Crippen LogP contribution < -0.4 is 16.0 Å². The molecule has 4 rings (SSSR count). The Bertz CT molecular complexity index is 1370. The van der Waals surface area contributed by atoms with E-state index in [9.17, 15) is 19.5 Å². The van der Waals surface area contributed by atoms with E-state index in [2.05, 4.69) is 25.9 Å². The molecular formula is C33H42N6O5S2. The summed E-state index contributed by atoms with van der Waals surface area (Å²) in [5, 5.41) is 18.8. The smallest absolute Gasteiger partial charge is 0.407 e. The molecule has 0 saturated carbocycles. The van der Waals surface area contributed by atoms with Crippen molar-refractivity contribution in [2.45, 2.75) is 62.1 Å². The van der Waals surface area contributed by atoms with E-state index >= 15 is 0 Å². The van der Waals surface area contributed by atoms with Gasteiger partial charge in [-0.1, -0.05) is 60.7 Å². The standard InChI is InChI=1S/C33H42N6O5S2/c1-39(20-28-18-34-22-45-28)32(42)38-30(14-15-40)31(41)36-26(16-24-8-4-2-5-9-24)12-13-27(17-25-10-6-3-7-11-25)37-33(43)44-21-29-19-35-23-46-29/h2-11,19,22-23,26-28,30,40H,12-18,20-21H2,1H3,(H,36,41)(H,37,43)(H,38,42). The van der Waals surface area contributed by atoms with Crippen molar-refractivity contribution in [2.75, 3.05) is 26.7 Å². The number of amides is 4. The first-order valence-electron chi connectivity index (χ1n) is 15.3. The van der Waals surface area contributed by atoms with E-state index in [0.29, 0.717) is 38.8 Å². The molecule has 3 aromatic rings. The highest BCUT2D eigenvalue weighted by Gasteiger charge is 2.27. The molecule has 246 valence electrons. The van der Waals surface area contributed by atoms with Crippen LogP contribution in [0, 0.1) is 0 Å².